The van der Waals surface area contributed by atoms with E-state index in [4.69, 9.17) is 4.74 Å². The molecule has 0 fully saturated rings. The highest BCUT2D eigenvalue weighted by molar-refractivity contribution is 6.08. The zero-order valence-corrected chi connectivity index (χ0v) is 17.6. The lowest BCUT2D eigenvalue weighted by molar-refractivity contribution is -0.385. The van der Waals surface area contributed by atoms with Crippen molar-refractivity contribution in [3.63, 3.8) is 0 Å². The molecule has 2 aromatic rings. The number of amides is 2. The number of ether oxygens (including phenoxy) is 1. The molecule has 0 aromatic heterocycles. The molecular formula is C22H24FN3O5. The molecule has 164 valence electrons. The van der Waals surface area contributed by atoms with Gasteiger partial charge in [-0.05, 0) is 38.0 Å². The van der Waals surface area contributed by atoms with Crippen LogP contribution in [-0.4, -0.2) is 35.4 Å². The largest absolute Gasteiger partial charge is 0.477 e. The van der Waals surface area contributed by atoms with E-state index < -0.39 is 28.4 Å². The molecule has 1 aliphatic heterocycles. The number of hydrogen-bond acceptors (Lipinski definition) is 5. The van der Waals surface area contributed by atoms with Gasteiger partial charge in [0, 0.05) is 17.7 Å². The summed E-state index contributed by atoms with van der Waals surface area (Å²) in [7, 11) is 0. The second-order valence-electron chi connectivity index (χ2n) is 7.37. The molecule has 2 aromatic carbocycles. The Bertz CT molecular complexity index is 1020. The van der Waals surface area contributed by atoms with Gasteiger partial charge in [-0.15, -0.1) is 0 Å². The molecule has 1 N–H and O–H groups in total. The number of nitrogens with one attached hydrogen (secondary N) is 1. The summed E-state index contributed by atoms with van der Waals surface area (Å²) in [6, 6.07) is 8.68. The zero-order valence-electron chi connectivity index (χ0n) is 17.6. The molecular weight excluding hydrogens is 405 g/mol. The Kier molecular flexibility index (Phi) is 6.53. The lowest BCUT2D eigenvalue weighted by atomic mass is 10.1. The van der Waals surface area contributed by atoms with Crippen molar-refractivity contribution in [2.24, 2.45) is 0 Å². The van der Waals surface area contributed by atoms with E-state index in [1.165, 1.54) is 11.8 Å². The van der Waals surface area contributed by atoms with Crippen LogP contribution >= 0.6 is 0 Å². The standard InChI is InChI=1S/C22H24FN3O5/c1-4-15(5-2)24-21(27)20-12-25(17-8-6-7-9-19(17)31-20)22(28)14-10-16(23)13(3)18(11-14)26(29)30/h6-11,15,20H,4-5,12H2,1-3H3,(H,24,27). The number of carbonyl (C=O) groups excluding carboxylic acids is 2. The molecule has 31 heavy (non-hydrogen) atoms. The lowest BCUT2D eigenvalue weighted by Crippen LogP contribution is -2.52. The van der Waals surface area contributed by atoms with Crippen molar-refractivity contribution < 1.29 is 23.6 Å². The summed E-state index contributed by atoms with van der Waals surface area (Å²) in [5.74, 6) is -1.53. The smallest absolute Gasteiger partial charge is 0.276 e. The fourth-order valence-corrected chi connectivity index (χ4v) is 3.48. The highest BCUT2D eigenvalue weighted by Crippen LogP contribution is 2.35. The average molecular weight is 429 g/mol. The molecule has 1 atom stereocenters. The van der Waals surface area contributed by atoms with Gasteiger partial charge in [0.2, 0.25) is 0 Å². The Morgan fingerprint density at radius 2 is 1.97 bits per heavy atom. The third-order valence-corrected chi connectivity index (χ3v) is 5.40. The second kappa shape index (κ2) is 9.11. The van der Waals surface area contributed by atoms with Crippen LogP contribution in [0.25, 0.3) is 0 Å². The van der Waals surface area contributed by atoms with Gasteiger partial charge in [0.05, 0.1) is 22.7 Å². The van der Waals surface area contributed by atoms with Crippen LogP contribution < -0.4 is 15.0 Å². The summed E-state index contributed by atoms with van der Waals surface area (Å²) in [5.41, 5.74) is -0.396. The minimum atomic E-state index is -0.968. The number of nitrogens with zero attached hydrogens (tertiary/aromatic N) is 2. The second-order valence-corrected chi connectivity index (χ2v) is 7.37. The Hall–Kier alpha value is -3.49. The molecule has 0 saturated heterocycles. The molecule has 8 nitrogen and oxygen atoms in total. The van der Waals surface area contributed by atoms with E-state index in [9.17, 15) is 24.1 Å². The van der Waals surface area contributed by atoms with Gasteiger partial charge >= 0.3 is 0 Å². The van der Waals surface area contributed by atoms with Gasteiger partial charge in [0.25, 0.3) is 17.5 Å². The van der Waals surface area contributed by atoms with E-state index in [-0.39, 0.29) is 29.6 Å². The first-order chi connectivity index (χ1) is 14.8. The van der Waals surface area contributed by atoms with Crippen molar-refractivity contribution >= 4 is 23.2 Å². The van der Waals surface area contributed by atoms with E-state index in [0.717, 1.165) is 25.0 Å². The van der Waals surface area contributed by atoms with E-state index in [1.54, 1.807) is 24.3 Å². The number of nitro groups is 1. The first-order valence-electron chi connectivity index (χ1n) is 10.1. The van der Waals surface area contributed by atoms with Gasteiger partial charge < -0.3 is 15.0 Å². The van der Waals surface area contributed by atoms with E-state index in [0.29, 0.717) is 11.4 Å². The number of hydrogen-bond donors (Lipinski definition) is 1. The van der Waals surface area contributed by atoms with Crippen LogP contribution in [0.15, 0.2) is 36.4 Å². The maximum absolute atomic E-state index is 14.3. The molecule has 1 aliphatic rings. The number of carbonyl (C=O) groups is 2. The van der Waals surface area contributed by atoms with E-state index in [1.807, 2.05) is 13.8 Å². The first-order valence-corrected chi connectivity index (χ1v) is 10.1. The van der Waals surface area contributed by atoms with Crippen LogP contribution in [0.4, 0.5) is 15.8 Å². The summed E-state index contributed by atoms with van der Waals surface area (Å²) < 4.78 is 20.1. The number of rotatable bonds is 6. The Morgan fingerprint density at radius 1 is 1.29 bits per heavy atom. The van der Waals surface area contributed by atoms with Gasteiger partial charge in [-0.1, -0.05) is 26.0 Å². The molecule has 0 saturated carbocycles. The average Bonchev–Trinajstić information content (AvgIpc) is 2.77. The van der Waals surface area contributed by atoms with Crippen LogP contribution in [0, 0.1) is 22.9 Å². The third kappa shape index (κ3) is 4.50. The fourth-order valence-electron chi connectivity index (χ4n) is 3.48. The van der Waals surface area contributed by atoms with Crippen molar-refractivity contribution in [2.45, 2.75) is 45.8 Å². The minimum absolute atomic E-state index is 0.0220. The quantitative estimate of drug-likeness (QED) is 0.557. The van der Waals surface area contributed by atoms with Crippen LogP contribution in [0.1, 0.15) is 42.6 Å². The van der Waals surface area contributed by atoms with Crippen molar-refractivity contribution in [2.75, 3.05) is 11.4 Å². The molecule has 1 unspecified atom stereocenters. The van der Waals surface area contributed by atoms with Crippen molar-refractivity contribution in [1.29, 1.82) is 0 Å². The highest BCUT2D eigenvalue weighted by Gasteiger charge is 2.35. The summed E-state index contributed by atoms with van der Waals surface area (Å²) in [4.78, 5) is 37.8. The molecule has 3 rings (SSSR count). The number of halogens is 1. The lowest BCUT2D eigenvalue weighted by Gasteiger charge is -2.34. The fraction of sp³-hybridized carbons (Fsp3) is 0.364. The highest BCUT2D eigenvalue weighted by atomic mass is 19.1. The molecule has 0 aliphatic carbocycles. The third-order valence-electron chi connectivity index (χ3n) is 5.40. The van der Waals surface area contributed by atoms with Crippen LogP contribution in [0.5, 0.6) is 5.75 Å². The summed E-state index contributed by atoms with van der Waals surface area (Å²) >= 11 is 0. The monoisotopic (exact) mass is 429 g/mol. The number of benzene rings is 2. The predicted octanol–water partition coefficient (Wildman–Crippen LogP) is 3.75. The molecule has 1 heterocycles. The summed E-state index contributed by atoms with van der Waals surface area (Å²) in [6.45, 7) is 5.09. The predicted molar refractivity (Wildman–Crippen MR) is 113 cm³/mol. The van der Waals surface area contributed by atoms with Gasteiger partial charge in [0.1, 0.15) is 11.6 Å². The summed E-state index contributed by atoms with van der Waals surface area (Å²) in [5, 5.41) is 14.2. The molecule has 2 amide bonds. The zero-order chi connectivity index (χ0) is 22.7. The van der Waals surface area contributed by atoms with Crippen LogP contribution in [0.2, 0.25) is 0 Å². The van der Waals surface area contributed by atoms with Crippen LogP contribution in [-0.2, 0) is 4.79 Å². The normalized spacial score (nSPS) is 15.3. The Labute approximate surface area is 179 Å². The molecule has 0 bridgehead atoms. The SMILES string of the molecule is CCC(CC)NC(=O)C1CN(C(=O)c2cc(F)c(C)c([N+](=O)[O-])c2)c2ccccc2O1. The number of anilines is 1. The van der Waals surface area contributed by atoms with Crippen molar-refractivity contribution in [1.82, 2.24) is 5.32 Å². The maximum atomic E-state index is 14.3. The van der Waals surface area contributed by atoms with E-state index >= 15 is 0 Å². The van der Waals surface area contributed by atoms with E-state index in [2.05, 4.69) is 5.32 Å². The number of para-hydroxylation sites is 2. The van der Waals surface area contributed by atoms with Gasteiger partial charge in [-0.3, -0.25) is 19.7 Å². The number of fused-ring (bicyclic) bond motifs is 1. The molecule has 0 spiro atoms. The van der Waals surface area contributed by atoms with Crippen LogP contribution in [0.3, 0.4) is 0 Å². The van der Waals surface area contributed by atoms with Crippen molar-refractivity contribution in [3.05, 3.63) is 63.5 Å². The van der Waals surface area contributed by atoms with Crippen molar-refractivity contribution in [3.8, 4) is 5.75 Å². The minimum Gasteiger partial charge on any atom is -0.477 e. The van der Waals surface area contributed by atoms with Gasteiger partial charge in [0.15, 0.2) is 6.10 Å². The molecule has 9 heteroatoms. The number of nitro benzene ring substituents is 1. The Morgan fingerprint density at radius 3 is 2.61 bits per heavy atom. The maximum Gasteiger partial charge on any atom is 0.276 e. The van der Waals surface area contributed by atoms with Gasteiger partial charge in [-0.2, -0.15) is 0 Å². The van der Waals surface area contributed by atoms with Gasteiger partial charge in [-0.25, -0.2) is 4.39 Å². The molecule has 0 radical (unpaired) electrons. The topological polar surface area (TPSA) is 102 Å². The first kappa shape index (κ1) is 22.2. The Balaban J connectivity index is 1.97. The summed E-state index contributed by atoms with van der Waals surface area (Å²) in [6.07, 6.45) is 0.533.